The Morgan fingerprint density at radius 3 is 2.33 bits per heavy atom. The van der Waals surface area contributed by atoms with Gasteiger partial charge in [-0.15, -0.1) is 0 Å². The van der Waals surface area contributed by atoms with Crippen LogP contribution < -0.4 is 0 Å². The van der Waals surface area contributed by atoms with Crippen LogP contribution in [0.25, 0.3) is 0 Å². The molecule has 0 aliphatic heterocycles. The first-order valence-corrected chi connectivity index (χ1v) is 5.73. The van der Waals surface area contributed by atoms with Gasteiger partial charge in [0.1, 0.15) is 6.10 Å². The minimum atomic E-state index is -1.50. The van der Waals surface area contributed by atoms with E-state index in [4.69, 9.17) is 10.2 Å². The number of aromatic carboxylic acids is 1. The number of carbonyl (C=O) groups is 2. The first-order chi connectivity index (χ1) is 8.32. The maximum absolute atomic E-state index is 10.9. The van der Waals surface area contributed by atoms with Gasteiger partial charge in [0.2, 0.25) is 0 Å². The molecule has 2 unspecified atom stereocenters. The number of hydrogen-bond acceptors (Lipinski definition) is 4. The van der Waals surface area contributed by atoms with Gasteiger partial charge in [0.15, 0.2) is 0 Å². The molecular formula is C11H11BrO6. The smallest absolute Gasteiger partial charge is 0.336 e. The number of rotatable bonds is 5. The Bertz CT molecular complexity index is 473. The highest BCUT2D eigenvalue weighted by Crippen LogP contribution is 2.24. The average molecular weight is 319 g/mol. The van der Waals surface area contributed by atoms with Crippen LogP contribution >= 0.6 is 15.9 Å². The van der Waals surface area contributed by atoms with Crippen LogP contribution in [0.5, 0.6) is 0 Å². The molecule has 0 fully saturated rings. The van der Waals surface area contributed by atoms with Crippen molar-refractivity contribution in [2.75, 3.05) is 0 Å². The van der Waals surface area contributed by atoms with E-state index in [0.29, 0.717) is 4.47 Å². The quantitative estimate of drug-likeness (QED) is 0.644. The number of benzene rings is 1. The first-order valence-electron chi connectivity index (χ1n) is 4.93. The molecule has 0 aliphatic carbocycles. The van der Waals surface area contributed by atoms with Crippen molar-refractivity contribution >= 4 is 27.9 Å². The van der Waals surface area contributed by atoms with Crippen LogP contribution in [-0.2, 0) is 4.79 Å². The molecule has 1 aromatic carbocycles. The maximum Gasteiger partial charge on any atom is 0.336 e. The maximum atomic E-state index is 10.9. The molecule has 0 heterocycles. The number of aliphatic hydroxyl groups is 2. The third kappa shape index (κ3) is 3.52. The largest absolute Gasteiger partial charge is 0.481 e. The van der Waals surface area contributed by atoms with E-state index in [1.807, 2.05) is 0 Å². The summed E-state index contributed by atoms with van der Waals surface area (Å²) in [7, 11) is 0. The molecule has 0 spiro atoms. The molecule has 0 bridgehead atoms. The summed E-state index contributed by atoms with van der Waals surface area (Å²) in [4.78, 5) is 21.3. The van der Waals surface area contributed by atoms with E-state index in [0.717, 1.165) is 0 Å². The number of hydrogen-bond donors (Lipinski definition) is 4. The van der Waals surface area contributed by atoms with Crippen molar-refractivity contribution in [3.05, 3.63) is 33.8 Å². The third-order valence-corrected chi connectivity index (χ3v) is 3.00. The van der Waals surface area contributed by atoms with Crippen LogP contribution in [0.2, 0.25) is 0 Å². The summed E-state index contributed by atoms with van der Waals surface area (Å²) < 4.78 is 0.332. The zero-order valence-corrected chi connectivity index (χ0v) is 10.7. The monoisotopic (exact) mass is 318 g/mol. The zero-order valence-electron chi connectivity index (χ0n) is 9.08. The van der Waals surface area contributed by atoms with Crippen molar-refractivity contribution in [1.29, 1.82) is 0 Å². The lowest BCUT2D eigenvalue weighted by Gasteiger charge is -2.17. The normalized spacial score (nSPS) is 13.9. The summed E-state index contributed by atoms with van der Waals surface area (Å²) in [5.74, 6) is -2.44. The van der Waals surface area contributed by atoms with Crippen molar-refractivity contribution in [2.24, 2.45) is 0 Å². The first kappa shape index (κ1) is 14.6. The van der Waals surface area contributed by atoms with Crippen LogP contribution in [0.3, 0.4) is 0 Å². The van der Waals surface area contributed by atoms with Crippen molar-refractivity contribution in [1.82, 2.24) is 0 Å². The molecule has 7 heteroatoms. The minimum absolute atomic E-state index is 0.0749. The number of carboxylic acids is 2. The molecule has 0 aliphatic rings. The van der Waals surface area contributed by atoms with Gasteiger partial charge in [-0.3, -0.25) is 4.79 Å². The second kappa shape index (κ2) is 5.94. The molecule has 0 saturated carbocycles. The van der Waals surface area contributed by atoms with E-state index in [-0.39, 0.29) is 11.1 Å². The van der Waals surface area contributed by atoms with E-state index in [9.17, 15) is 19.8 Å². The summed E-state index contributed by atoms with van der Waals surface area (Å²) in [5, 5.41) is 36.5. The topological polar surface area (TPSA) is 115 Å². The molecule has 1 rings (SSSR count). The summed E-state index contributed by atoms with van der Waals surface area (Å²) in [6.07, 6.45) is -3.57. The fraction of sp³-hybridized carbons (Fsp3) is 0.273. The van der Waals surface area contributed by atoms with E-state index < -0.39 is 30.6 Å². The van der Waals surface area contributed by atoms with Crippen LogP contribution in [0.4, 0.5) is 0 Å². The predicted octanol–water partition coefficient (Wildman–Crippen LogP) is 1.02. The lowest BCUT2D eigenvalue weighted by molar-refractivity contribution is -0.141. The number of aliphatic hydroxyl groups excluding tert-OH is 2. The van der Waals surface area contributed by atoms with Gasteiger partial charge in [0.05, 0.1) is 18.1 Å². The highest BCUT2D eigenvalue weighted by atomic mass is 79.9. The molecule has 4 N–H and O–H groups in total. The summed E-state index contributed by atoms with van der Waals surface area (Å²) in [6, 6.07) is 4.00. The third-order valence-electron chi connectivity index (χ3n) is 2.31. The van der Waals surface area contributed by atoms with E-state index in [2.05, 4.69) is 15.9 Å². The van der Waals surface area contributed by atoms with Gasteiger partial charge < -0.3 is 20.4 Å². The van der Waals surface area contributed by atoms with Crippen molar-refractivity contribution in [2.45, 2.75) is 18.6 Å². The summed E-state index contributed by atoms with van der Waals surface area (Å²) >= 11 is 3.04. The van der Waals surface area contributed by atoms with E-state index >= 15 is 0 Å². The second-order valence-electron chi connectivity index (χ2n) is 3.65. The van der Waals surface area contributed by atoms with Gasteiger partial charge in [-0.05, 0) is 33.6 Å². The van der Waals surface area contributed by atoms with Gasteiger partial charge in [-0.1, -0.05) is 6.07 Å². The Kier molecular flexibility index (Phi) is 4.83. The highest BCUT2D eigenvalue weighted by molar-refractivity contribution is 9.10. The number of carboxylic acid groups (broad SMARTS) is 2. The summed E-state index contributed by atoms with van der Waals surface area (Å²) in [5.41, 5.74) is 0.0680. The lowest BCUT2D eigenvalue weighted by atomic mass is 10.0. The molecule has 0 saturated heterocycles. The molecule has 0 radical (unpaired) electrons. The Morgan fingerprint density at radius 2 is 1.83 bits per heavy atom. The molecule has 2 atom stereocenters. The van der Waals surface area contributed by atoms with E-state index in [1.54, 1.807) is 0 Å². The molecule has 1 aromatic rings. The molecule has 18 heavy (non-hydrogen) atoms. The minimum Gasteiger partial charge on any atom is -0.481 e. The van der Waals surface area contributed by atoms with Gasteiger partial charge in [-0.25, -0.2) is 4.79 Å². The SMILES string of the molecule is O=C(O)CC(O)C(O)c1ccc(Br)c(C(=O)O)c1. The molecule has 0 amide bonds. The van der Waals surface area contributed by atoms with Crippen LogP contribution in [-0.4, -0.2) is 38.5 Å². The van der Waals surface area contributed by atoms with Gasteiger partial charge in [0, 0.05) is 4.47 Å². The predicted molar refractivity (Wildman–Crippen MR) is 64.3 cm³/mol. The number of aliphatic carboxylic acids is 1. The average Bonchev–Trinajstić information content (AvgIpc) is 2.27. The van der Waals surface area contributed by atoms with Crippen molar-refractivity contribution in [3.63, 3.8) is 0 Å². The molecule has 0 aromatic heterocycles. The molecular weight excluding hydrogens is 308 g/mol. The van der Waals surface area contributed by atoms with Gasteiger partial charge in [-0.2, -0.15) is 0 Å². The van der Waals surface area contributed by atoms with Gasteiger partial charge in [0.25, 0.3) is 0 Å². The zero-order chi connectivity index (χ0) is 13.9. The second-order valence-corrected chi connectivity index (χ2v) is 4.51. The van der Waals surface area contributed by atoms with Crippen molar-refractivity contribution in [3.8, 4) is 0 Å². The van der Waals surface area contributed by atoms with Crippen molar-refractivity contribution < 1.29 is 30.0 Å². The van der Waals surface area contributed by atoms with Gasteiger partial charge >= 0.3 is 11.9 Å². The molecule has 6 nitrogen and oxygen atoms in total. The Labute approximate surface area is 111 Å². The highest BCUT2D eigenvalue weighted by Gasteiger charge is 2.22. The standard InChI is InChI=1S/C11H11BrO6/c12-7-2-1-5(3-6(7)11(17)18)10(16)8(13)4-9(14)15/h1-3,8,10,13,16H,4H2,(H,14,15)(H,17,18). The number of halogens is 1. The summed E-state index contributed by atoms with van der Waals surface area (Å²) in [6.45, 7) is 0. The Morgan fingerprint density at radius 1 is 1.22 bits per heavy atom. The lowest BCUT2D eigenvalue weighted by Crippen LogP contribution is -2.22. The van der Waals surface area contributed by atoms with E-state index in [1.165, 1.54) is 18.2 Å². The van der Waals surface area contributed by atoms with Crippen LogP contribution in [0, 0.1) is 0 Å². The van der Waals surface area contributed by atoms with Crippen LogP contribution in [0.1, 0.15) is 28.4 Å². The molecule has 98 valence electrons. The fourth-order valence-corrected chi connectivity index (χ4v) is 1.82. The Balaban J connectivity index is 2.99. The Hall–Kier alpha value is -1.44. The van der Waals surface area contributed by atoms with Crippen LogP contribution in [0.15, 0.2) is 22.7 Å². The fourth-order valence-electron chi connectivity index (χ4n) is 1.40.